The fourth-order valence-electron chi connectivity index (χ4n) is 9.96. The fourth-order valence-corrected chi connectivity index (χ4v) is 12.4. The number of hydrogen-bond donors (Lipinski definition) is 0. The summed E-state index contributed by atoms with van der Waals surface area (Å²) in [5, 5.41) is 8.36. The second-order valence-electron chi connectivity index (χ2n) is 15.9. The Balaban J connectivity index is 0.980. The van der Waals surface area contributed by atoms with Crippen molar-refractivity contribution in [3.05, 3.63) is 215 Å². The number of aryl methyl sites for hydroxylation is 1. The van der Waals surface area contributed by atoms with Crippen molar-refractivity contribution in [1.29, 1.82) is 0 Å². The Morgan fingerprint density at radius 2 is 1.09 bits per heavy atom. The van der Waals surface area contributed by atoms with Crippen molar-refractivity contribution in [1.82, 2.24) is 0 Å². The molecular weight excluding hydrogens is 737 g/mol. The second-order valence-corrected chi connectivity index (χ2v) is 18.1. The Hall–Kier alpha value is -6.32. The van der Waals surface area contributed by atoms with Gasteiger partial charge in [-0.3, -0.25) is 0 Å². The molecule has 274 valence electrons. The number of fused-ring (bicyclic) bond motifs is 14. The van der Waals surface area contributed by atoms with Crippen molar-refractivity contribution in [3.63, 3.8) is 0 Å². The van der Waals surface area contributed by atoms with Crippen molar-refractivity contribution in [2.45, 2.75) is 25.7 Å². The highest BCUT2D eigenvalue weighted by molar-refractivity contribution is 7.27. The molecule has 12 rings (SSSR count). The Bertz CT molecular complexity index is 3400. The summed E-state index contributed by atoms with van der Waals surface area (Å²) in [5.74, 6) is 0.231. The molecule has 0 fully saturated rings. The summed E-state index contributed by atoms with van der Waals surface area (Å²) in [4.78, 5) is 0. The van der Waals surface area contributed by atoms with E-state index in [2.05, 4.69) is 189 Å². The van der Waals surface area contributed by atoms with Crippen LogP contribution in [0.2, 0.25) is 0 Å². The van der Waals surface area contributed by atoms with Crippen molar-refractivity contribution in [2.75, 3.05) is 0 Å². The first-order valence-electron chi connectivity index (χ1n) is 20.3. The summed E-state index contributed by atoms with van der Waals surface area (Å²) >= 11 is 3.89. The summed E-state index contributed by atoms with van der Waals surface area (Å²) in [6, 6.07) is 68.4. The summed E-state index contributed by atoms with van der Waals surface area (Å²) in [7, 11) is 0. The SMILES string of the molecule is Cc1ccccc1-c1ccccc1Cc1ccc(-c2ccc(C3Cc4ccccc4-c4c3c3ccc5sc6ccccc6c5c3c3c4sc4ccccc43)cc2)cc1. The maximum Gasteiger partial charge on any atom is 0.0443 e. The lowest BCUT2D eigenvalue weighted by atomic mass is 9.73. The standard InChI is InChI=1S/C56H38S2/c1-34-12-2-5-15-41(34)42-16-6-3-13-39(42)32-35-22-24-36(25-23-35)37-26-28-38(29-27-37)47-33-40-14-4-7-17-43(40)54-51(47)46-30-31-50-52(44-18-8-10-20-48(44)57-50)53(46)55-45-19-9-11-21-49(45)58-56(54)55/h2-31,47H,32-33H2,1H3. The van der Waals surface area contributed by atoms with Gasteiger partial charge in [0.25, 0.3) is 0 Å². The molecule has 9 aromatic carbocycles. The van der Waals surface area contributed by atoms with Crippen LogP contribution in [0.5, 0.6) is 0 Å². The Kier molecular flexibility index (Phi) is 7.80. The summed E-state index contributed by atoms with van der Waals surface area (Å²) < 4.78 is 5.49. The topological polar surface area (TPSA) is 0 Å². The van der Waals surface area contributed by atoms with Crippen molar-refractivity contribution < 1.29 is 0 Å². The predicted octanol–water partition coefficient (Wildman–Crippen LogP) is 16.2. The minimum Gasteiger partial charge on any atom is -0.135 e. The number of rotatable bonds is 5. The van der Waals surface area contributed by atoms with Crippen LogP contribution < -0.4 is 0 Å². The van der Waals surface area contributed by atoms with Gasteiger partial charge in [-0.25, -0.2) is 0 Å². The summed E-state index contributed by atoms with van der Waals surface area (Å²) in [5.41, 5.74) is 16.2. The third kappa shape index (κ3) is 5.25. The number of hydrogen-bond acceptors (Lipinski definition) is 2. The van der Waals surface area contributed by atoms with Gasteiger partial charge in [-0.1, -0.05) is 164 Å². The van der Waals surface area contributed by atoms with E-state index >= 15 is 0 Å². The fraction of sp³-hybridized carbons (Fsp3) is 0.0714. The van der Waals surface area contributed by atoms with E-state index in [-0.39, 0.29) is 5.92 Å². The van der Waals surface area contributed by atoms with E-state index in [0.29, 0.717) is 0 Å². The molecule has 58 heavy (non-hydrogen) atoms. The van der Waals surface area contributed by atoms with Crippen LogP contribution in [0.1, 0.15) is 39.3 Å². The Labute approximate surface area is 346 Å². The summed E-state index contributed by atoms with van der Waals surface area (Å²) in [6.07, 6.45) is 1.88. The molecule has 0 amide bonds. The van der Waals surface area contributed by atoms with Crippen molar-refractivity contribution in [3.8, 4) is 33.4 Å². The maximum atomic E-state index is 2.45. The first-order chi connectivity index (χ1) is 28.7. The van der Waals surface area contributed by atoms with Crippen LogP contribution in [0.25, 0.3) is 84.5 Å². The predicted molar refractivity (Wildman–Crippen MR) is 252 cm³/mol. The molecule has 0 saturated carbocycles. The lowest BCUT2D eigenvalue weighted by Gasteiger charge is -2.31. The van der Waals surface area contributed by atoms with E-state index in [1.54, 1.807) is 0 Å². The maximum absolute atomic E-state index is 2.45. The van der Waals surface area contributed by atoms with Crippen LogP contribution in [0.15, 0.2) is 182 Å². The molecule has 0 saturated heterocycles. The highest BCUT2D eigenvalue weighted by Gasteiger charge is 2.32. The third-order valence-corrected chi connectivity index (χ3v) is 15.0. The van der Waals surface area contributed by atoms with Crippen LogP contribution >= 0.6 is 22.7 Å². The van der Waals surface area contributed by atoms with Gasteiger partial charge < -0.3 is 0 Å². The normalized spacial score (nSPS) is 13.8. The molecule has 0 spiro atoms. The molecule has 0 aliphatic heterocycles. The van der Waals surface area contributed by atoms with Gasteiger partial charge in [0.15, 0.2) is 0 Å². The van der Waals surface area contributed by atoms with Gasteiger partial charge in [0.2, 0.25) is 0 Å². The molecule has 1 unspecified atom stereocenters. The zero-order chi connectivity index (χ0) is 38.3. The molecule has 1 atom stereocenters. The van der Waals surface area contributed by atoms with Gasteiger partial charge in [0.05, 0.1) is 0 Å². The quantitative estimate of drug-likeness (QED) is 0.163. The Morgan fingerprint density at radius 3 is 1.86 bits per heavy atom. The van der Waals surface area contributed by atoms with Crippen LogP contribution in [0.3, 0.4) is 0 Å². The molecular formula is C56H38S2. The average Bonchev–Trinajstić information content (AvgIpc) is 3.86. The Morgan fingerprint density at radius 1 is 0.466 bits per heavy atom. The van der Waals surface area contributed by atoms with Gasteiger partial charge in [-0.05, 0) is 105 Å². The number of benzene rings is 9. The van der Waals surface area contributed by atoms with Crippen LogP contribution in [-0.4, -0.2) is 0 Å². The molecule has 0 N–H and O–H groups in total. The minimum atomic E-state index is 0.231. The van der Waals surface area contributed by atoms with E-state index in [9.17, 15) is 0 Å². The molecule has 11 aromatic rings. The van der Waals surface area contributed by atoms with E-state index in [1.165, 1.54) is 118 Å². The minimum absolute atomic E-state index is 0.231. The monoisotopic (exact) mass is 774 g/mol. The highest BCUT2D eigenvalue weighted by Crippen LogP contribution is 2.55. The van der Waals surface area contributed by atoms with Gasteiger partial charge >= 0.3 is 0 Å². The van der Waals surface area contributed by atoms with E-state index in [1.807, 2.05) is 22.7 Å². The molecule has 2 heterocycles. The van der Waals surface area contributed by atoms with Gasteiger partial charge in [-0.15, -0.1) is 22.7 Å². The lowest BCUT2D eigenvalue weighted by Crippen LogP contribution is -2.13. The number of thiophene rings is 2. The molecule has 1 aliphatic rings. The first kappa shape index (κ1) is 33.8. The zero-order valence-corrected chi connectivity index (χ0v) is 33.8. The van der Waals surface area contributed by atoms with Crippen LogP contribution in [-0.2, 0) is 12.8 Å². The molecule has 0 bridgehead atoms. The average molecular weight is 775 g/mol. The van der Waals surface area contributed by atoms with Gasteiger partial charge in [-0.2, -0.15) is 0 Å². The first-order valence-corrected chi connectivity index (χ1v) is 21.9. The van der Waals surface area contributed by atoms with E-state index in [4.69, 9.17) is 0 Å². The van der Waals surface area contributed by atoms with Crippen LogP contribution in [0.4, 0.5) is 0 Å². The molecule has 0 nitrogen and oxygen atoms in total. The molecule has 1 aliphatic carbocycles. The summed E-state index contributed by atoms with van der Waals surface area (Å²) in [6.45, 7) is 2.20. The lowest BCUT2D eigenvalue weighted by molar-refractivity contribution is 0.803. The van der Waals surface area contributed by atoms with Crippen LogP contribution in [0, 0.1) is 6.92 Å². The molecule has 0 radical (unpaired) electrons. The largest absolute Gasteiger partial charge is 0.135 e. The van der Waals surface area contributed by atoms with Gasteiger partial charge in [0, 0.05) is 57.2 Å². The van der Waals surface area contributed by atoms with E-state index in [0.717, 1.165) is 12.8 Å². The zero-order valence-electron chi connectivity index (χ0n) is 32.1. The second kappa shape index (κ2) is 13.4. The van der Waals surface area contributed by atoms with Gasteiger partial charge in [0.1, 0.15) is 0 Å². The highest BCUT2D eigenvalue weighted by atomic mass is 32.1. The van der Waals surface area contributed by atoms with E-state index < -0.39 is 0 Å². The van der Waals surface area contributed by atoms with Crippen molar-refractivity contribution >= 4 is 73.8 Å². The third-order valence-electron chi connectivity index (χ3n) is 12.7. The molecule has 2 aromatic heterocycles. The molecule has 2 heteroatoms. The smallest absolute Gasteiger partial charge is 0.0443 e. The van der Waals surface area contributed by atoms with Crippen molar-refractivity contribution in [2.24, 2.45) is 0 Å².